The third-order valence-electron chi connectivity index (χ3n) is 1.84. The predicted molar refractivity (Wildman–Crippen MR) is 49.9 cm³/mol. The van der Waals surface area contributed by atoms with Gasteiger partial charge in [0, 0.05) is 6.04 Å². The van der Waals surface area contributed by atoms with Gasteiger partial charge in [0.15, 0.2) is 0 Å². The molecule has 0 amide bonds. The van der Waals surface area contributed by atoms with Gasteiger partial charge in [-0.2, -0.15) is 0 Å². The Morgan fingerprint density at radius 2 is 2.25 bits per heavy atom. The van der Waals surface area contributed by atoms with Crippen LogP contribution in [0.15, 0.2) is 24.3 Å². The first-order valence-corrected chi connectivity index (χ1v) is 3.97. The fourth-order valence-corrected chi connectivity index (χ4v) is 1.04. The maximum Gasteiger partial charge on any atom is 0.119 e. The molecule has 0 aliphatic heterocycles. The predicted octanol–water partition coefficient (Wildman–Crippen LogP) is 1.92. The summed E-state index contributed by atoms with van der Waals surface area (Å²) >= 11 is 0. The smallest absolute Gasteiger partial charge is 0.119 e. The first-order valence-electron chi connectivity index (χ1n) is 3.97. The van der Waals surface area contributed by atoms with E-state index in [1.165, 1.54) is 0 Å². The zero-order valence-corrected chi connectivity index (χ0v) is 7.45. The average Bonchev–Trinajstić information content (AvgIpc) is 2.17. The van der Waals surface area contributed by atoms with Crippen LogP contribution in [0.25, 0.3) is 0 Å². The monoisotopic (exact) mass is 164 g/mol. The van der Waals surface area contributed by atoms with Crippen LogP contribution in [0.5, 0.6) is 5.75 Å². The Morgan fingerprint density at radius 3 is 2.83 bits per heavy atom. The first-order chi connectivity index (χ1) is 5.77. The molecule has 1 unspecified atom stereocenters. The lowest BCUT2D eigenvalue weighted by molar-refractivity contribution is 0.414. The molecule has 0 aromatic heterocycles. The summed E-state index contributed by atoms with van der Waals surface area (Å²) in [4.78, 5) is 0. The molecule has 65 valence electrons. The largest absolute Gasteiger partial charge is 0.497 e. The third kappa shape index (κ3) is 1.98. The van der Waals surface area contributed by atoms with Gasteiger partial charge in [-0.15, -0.1) is 0 Å². The van der Waals surface area contributed by atoms with Crippen LogP contribution in [0.2, 0.25) is 0 Å². The Labute approximate surface area is 73.3 Å². The quantitative estimate of drug-likeness (QED) is 0.740. The van der Waals surface area contributed by atoms with Crippen LogP contribution in [0, 0.1) is 6.42 Å². The van der Waals surface area contributed by atoms with Gasteiger partial charge in [-0.05, 0) is 24.1 Å². The van der Waals surface area contributed by atoms with E-state index in [0.717, 1.165) is 11.3 Å². The number of ether oxygens (including phenoxy) is 1. The maximum absolute atomic E-state index is 5.81. The molecule has 1 atom stereocenters. The molecule has 0 bridgehead atoms. The lowest BCUT2D eigenvalue weighted by atomic mass is 10.1. The number of nitrogens with two attached hydrogens (primary N) is 1. The van der Waals surface area contributed by atoms with Crippen molar-refractivity contribution >= 4 is 0 Å². The molecule has 0 heterocycles. The molecular weight excluding hydrogens is 150 g/mol. The lowest BCUT2D eigenvalue weighted by Gasteiger charge is -2.09. The second-order valence-electron chi connectivity index (χ2n) is 2.64. The highest BCUT2D eigenvalue weighted by atomic mass is 16.5. The van der Waals surface area contributed by atoms with Crippen molar-refractivity contribution < 1.29 is 4.74 Å². The molecular formula is C10H14NO. The molecule has 2 heteroatoms. The van der Waals surface area contributed by atoms with Gasteiger partial charge in [-0.25, -0.2) is 0 Å². The number of hydrogen-bond donors (Lipinski definition) is 1. The summed E-state index contributed by atoms with van der Waals surface area (Å²) in [6.07, 6.45) is 1.95. The zero-order chi connectivity index (χ0) is 8.97. The van der Waals surface area contributed by atoms with Crippen LogP contribution < -0.4 is 10.5 Å². The molecule has 0 aliphatic carbocycles. The molecule has 2 nitrogen and oxygen atoms in total. The van der Waals surface area contributed by atoms with E-state index in [0.29, 0.717) is 0 Å². The Bertz CT molecular complexity index is 247. The SMILES string of the molecule is C[CH]C(N)c1cccc(OC)c1. The van der Waals surface area contributed by atoms with E-state index in [1.54, 1.807) is 7.11 Å². The van der Waals surface area contributed by atoms with Crippen molar-refractivity contribution in [3.05, 3.63) is 36.2 Å². The van der Waals surface area contributed by atoms with Gasteiger partial charge in [0.05, 0.1) is 7.11 Å². The molecule has 1 aromatic carbocycles. The minimum Gasteiger partial charge on any atom is -0.497 e. The normalized spacial score (nSPS) is 12.6. The Morgan fingerprint density at radius 1 is 1.50 bits per heavy atom. The van der Waals surface area contributed by atoms with E-state index in [1.807, 2.05) is 37.6 Å². The van der Waals surface area contributed by atoms with Crippen LogP contribution in [0.1, 0.15) is 18.5 Å². The molecule has 2 N–H and O–H groups in total. The first kappa shape index (κ1) is 9.07. The van der Waals surface area contributed by atoms with Gasteiger partial charge in [0.1, 0.15) is 5.75 Å². The topological polar surface area (TPSA) is 35.2 Å². The van der Waals surface area contributed by atoms with E-state index < -0.39 is 0 Å². The van der Waals surface area contributed by atoms with E-state index >= 15 is 0 Å². The van der Waals surface area contributed by atoms with E-state index in [2.05, 4.69) is 0 Å². The van der Waals surface area contributed by atoms with Crippen molar-refractivity contribution in [1.82, 2.24) is 0 Å². The number of hydrogen-bond acceptors (Lipinski definition) is 2. The van der Waals surface area contributed by atoms with Crippen molar-refractivity contribution in [2.75, 3.05) is 7.11 Å². The van der Waals surface area contributed by atoms with Gasteiger partial charge in [-0.1, -0.05) is 19.1 Å². The summed E-state index contributed by atoms with van der Waals surface area (Å²) in [7, 11) is 1.65. The Kier molecular flexibility index (Phi) is 3.11. The minimum atomic E-state index is 0.0000926. The molecule has 0 fully saturated rings. The van der Waals surface area contributed by atoms with Crippen LogP contribution in [-0.2, 0) is 0 Å². The second-order valence-corrected chi connectivity index (χ2v) is 2.64. The highest BCUT2D eigenvalue weighted by Crippen LogP contribution is 2.18. The fraction of sp³-hybridized carbons (Fsp3) is 0.300. The summed E-state index contributed by atoms with van der Waals surface area (Å²) in [5.41, 5.74) is 6.89. The van der Waals surface area contributed by atoms with Crippen LogP contribution in [-0.4, -0.2) is 7.11 Å². The molecule has 0 saturated heterocycles. The molecule has 1 radical (unpaired) electrons. The molecule has 0 aliphatic rings. The third-order valence-corrected chi connectivity index (χ3v) is 1.84. The summed E-state index contributed by atoms with van der Waals surface area (Å²) in [5.74, 6) is 0.852. The van der Waals surface area contributed by atoms with Gasteiger partial charge in [-0.3, -0.25) is 0 Å². The standard InChI is InChI=1S/C10H14NO/c1-3-10(11)8-5-4-6-9(7-8)12-2/h3-7,10H,11H2,1-2H3. The summed E-state index contributed by atoms with van der Waals surface area (Å²) in [6, 6.07) is 7.79. The minimum absolute atomic E-state index is 0.0000926. The molecule has 12 heavy (non-hydrogen) atoms. The number of rotatable bonds is 3. The van der Waals surface area contributed by atoms with Gasteiger partial charge >= 0.3 is 0 Å². The van der Waals surface area contributed by atoms with Gasteiger partial charge in [0.25, 0.3) is 0 Å². The summed E-state index contributed by atoms with van der Waals surface area (Å²) < 4.78 is 5.08. The second kappa shape index (κ2) is 4.12. The van der Waals surface area contributed by atoms with Crippen LogP contribution in [0.3, 0.4) is 0 Å². The average molecular weight is 164 g/mol. The molecule has 0 spiro atoms. The van der Waals surface area contributed by atoms with Crippen molar-refractivity contribution in [2.24, 2.45) is 5.73 Å². The van der Waals surface area contributed by atoms with E-state index in [9.17, 15) is 0 Å². The molecule has 0 saturated carbocycles. The van der Waals surface area contributed by atoms with Crippen LogP contribution >= 0.6 is 0 Å². The summed E-state index contributed by atoms with van der Waals surface area (Å²) in [6.45, 7) is 1.95. The highest BCUT2D eigenvalue weighted by molar-refractivity contribution is 5.31. The van der Waals surface area contributed by atoms with Crippen LogP contribution in [0.4, 0.5) is 0 Å². The highest BCUT2D eigenvalue weighted by Gasteiger charge is 2.03. The van der Waals surface area contributed by atoms with E-state index in [4.69, 9.17) is 10.5 Å². The van der Waals surface area contributed by atoms with Gasteiger partial charge in [0.2, 0.25) is 0 Å². The van der Waals surface area contributed by atoms with Crippen molar-refractivity contribution in [2.45, 2.75) is 13.0 Å². The van der Waals surface area contributed by atoms with Crippen molar-refractivity contribution in [3.8, 4) is 5.75 Å². The molecule has 1 aromatic rings. The number of methoxy groups -OCH3 is 1. The lowest BCUT2D eigenvalue weighted by Crippen LogP contribution is -2.08. The fourth-order valence-electron chi connectivity index (χ4n) is 1.04. The zero-order valence-electron chi connectivity index (χ0n) is 7.45. The molecule has 1 rings (SSSR count). The maximum atomic E-state index is 5.81. The Balaban J connectivity index is 2.86. The van der Waals surface area contributed by atoms with Crippen molar-refractivity contribution in [3.63, 3.8) is 0 Å². The summed E-state index contributed by atoms with van der Waals surface area (Å²) in [5, 5.41) is 0. The van der Waals surface area contributed by atoms with E-state index in [-0.39, 0.29) is 6.04 Å². The van der Waals surface area contributed by atoms with Crippen molar-refractivity contribution in [1.29, 1.82) is 0 Å². The number of benzene rings is 1. The Hall–Kier alpha value is -1.02. The van der Waals surface area contributed by atoms with Gasteiger partial charge < -0.3 is 10.5 Å².